The van der Waals surface area contributed by atoms with E-state index in [1.807, 2.05) is 33.8 Å². The van der Waals surface area contributed by atoms with E-state index >= 15 is 0 Å². The van der Waals surface area contributed by atoms with Crippen molar-refractivity contribution in [3.05, 3.63) is 40.1 Å². The molecule has 9 nitrogen and oxygen atoms in total. The van der Waals surface area contributed by atoms with Crippen LogP contribution in [0.25, 0.3) is 0 Å². The van der Waals surface area contributed by atoms with Crippen molar-refractivity contribution in [1.29, 1.82) is 0 Å². The molecule has 0 saturated carbocycles. The van der Waals surface area contributed by atoms with Crippen molar-refractivity contribution in [3.63, 3.8) is 0 Å². The molecule has 1 saturated heterocycles. The molecule has 0 radical (unpaired) electrons. The summed E-state index contributed by atoms with van der Waals surface area (Å²) in [5.74, 6) is -0.686. The summed E-state index contributed by atoms with van der Waals surface area (Å²) in [7, 11) is -3.67. The lowest BCUT2D eigenvalue weighted by atomic mass is 9.98. The van der Waals surface area contributed by atoms with Gasteiger partial charge in [0.15, 0.2) is 12.4 Å². The summed E-state index contributed by atoms with van der Waals surface area (Å²) in [6.07, 6.45) is 0.677. The normalized spacial score (nSPS) is 15.5. The van der Waals surface area contributed by atoms with E-state index in [9.17, 15) is 18.0 Å². The molecule has 1 N–H and O–H groups in total. The van der Waals surface area contributed by atoms with Gasteiger partial charge in [-0.25, -0.2) is 8.42 Å². The number of nitrogens with one attached hydrogen (secondary N) is 1. The summed E-state index contributed by atoms with van der Waals surface area (Å²) in [6.45, 7) is 9.15. The topological polar surface area (TPSA) is 119 Å². The van der Waals surface area contributed by atoms with Gasteiger partial charge in [-0.3, -0.25) is 9.59 Å². The van der Waals surface area contributed by atoms with Gasteiger partial charge in [-0.1, -0.05) is 11.2 Å². The van der Waals surface area contributed by atoms with Crippen molar-refractivity contribution in [1.82, 2.24) is 9.46 Å². The summed E-state index contributed by atoms with van der Waals surface area (Å²) >= 11 is 0. The first kappa shape index (κ1) is 23.9. The molecule has 0 atom stereocenters. The number of ether oxygens (including phenoxy) is 1. The monoisotopic (exact) mass is 463 g/mol. The van der Waals surface area contributed by atoms with E-state index in [1.165, 1.54) is 4.31 Å². The van der Waals surface area contributed by atoms with Crippen LogP contribution in [0.3, 0.4) is 0 Å². The van der Waals surface area contributed by atoms with Crippen LogP contribution in [0, 0.1) is 40.5 Å². The molecule has 2 aromatic rings. The summed E-state index contributed by atoms with van der Waals surface area (Å²) in [6, 6.07) is 3.54. The zero-order chi connectivity index (χ0) is 23.6. The highest BCUT2D eigenvalue weighted by atomic mass is 32.2. The Balaban J connectivity index is 1.57. The van der Waals surface area contributed by atoms with Crippen molar-refractivity contribution in [2.75, 3.05) is 25.0 Å². The number of nitrogens with zero attached hydrogens (tertiary/aromatic N) is 2. The molecule has 2 heterocycles. The Labute approximate surface area is 188 Å². The van der Waals surface area contributed by atoms with Crippen LogP contribution in [0.1, 0.15) is 40.9 Å². The lowest BCUT2D eigenvalue weighted by Gasteiger charge is -2.31. The fourth-order valence-electron chi connectivity index (χ4n) is 3.89. The fourth-order valence-corrected chi connectivity index (χ4v) is 5.93. The van der Waals surface area contributed by atoms with E-state index in [1.54, 1.807) is 13.0 Å². The highest BCUT2D eigenvalue weighted by Gasteiger charge is 2.35. The Kier molecular flexibility index (Phi) is 7.04. The number of benzene rings is 1. The van der Waals surface area contributed by atoms with Crippen molar-refractivity contribution < 1.29 is 27.3 Å². The summed E-state index contributed by atoms with van der Waals surface area (Å²) in [5, 5.41) is 6.12. The first-order valence-electron chi connectivity index (χ1n) is 10.5. The third-order valence-electron chi connectivity index (χ3n) is 5.92. The van der Waals surface area contributed by atoms with E-state index in [-0.39, 0.29) is 18.9 Å². The first-order valence-corrected chi connectivity index (χ1v) is 11.9. The Bertz CT molecular complexity index is 1100. The fraction of sp³-hybridized carbons (Fsp3) is 0.500. The standard InChI is InChI=1S/C22H29N3O6S/c1-13-10-14(2)17(5)21(16(13)4)32(28,29)25-8-6-18(7-9-25)22(27)30-12-20(26)23-19-11-15(3)31-24-19/h10-11,18H,6-9,12H2,1-5H3,(H,23,24,26). The second kappa shape index (κ2) is 9.41. The maximum Gasteiger partial charge on any atom is 0.309 e. The molecule has 0 aliphatic carbocycles. The van der Waals surface area contributed by atoms with Gasteiger partial charge in [0.25, 0.3) is 5.91 Å². The number of piperidine rings is 1. The molecular formula is C22H29N3O6S. The lowest BCUT2D eigenvalue weighted by Crippen LogP contribution is -2.41. The van der Waals surface area contributed by atoms with Crippen molar-refractivity contribution in [3.8, 4) is 0 Å². The van der Waals surface area contributed by atoms with E-state index in [0.717, 1.165) is 22.3 Å². The molecule has 32 heavy (non-hydrogen) atoms. The molecule has 10 heteroatoms. The van der Waals surface area contributed by atoms with E-state index in [2.05, 4.69) is 10.5 Å². The summed E-state index contributed by atoms with van der Waals surface area (Å²) in [4.78, 5) is 24.6. The number of hydrogen-bond acceptors (Lipinski definition) is 7. The van der Waals surface area contributed by atoms with Gasteiger partial charge in [-0.2, -0.15) is 4.31 Å². The molecule has 174 valence electrons. The third-order valence-corrected chi connectivity index (χ3v) is 8.10. The van der Waals surface area contributed by atoms with Gasteiger partial charge in [0.05, 0.1) is 10.8 Å². The maximum atomic E-state index is 13.3. The molecule has 1 amide bonds. The van der Waals surface area contributed by atoms with Gasteiger partial charge in [0.2, 0.25) is 10.0 Å². The molecule has 1 aromatic carbocycles. The number of anilines is 1. The van der Waals surface area contributed by atoms with Gasteiger partial charge >= 0.3 is 5.97 Å². The number of aryl methyl sites for hydroxylation is 3. The second-order valence-electron chi connectivity index (χ2n) is 8.25. The summed E-state index contributed by atoms with van der Waals surface area (Å²) in [5.41, 5.74) is 3.37. The van der Waals surface area contributed by atoms with Gasteiger partial charge in [-0.15, -0.1) is 0 Å². The van der Waals surface area contributed by atoms with Gasteiger partial charge in [0.1, 0.15) is 5.76 Å². The van der Waals surface area contributed by atoms with Crippen LogP contribution in [0.2, 0.25) is 0 Å². The average Bonchev–Trinajstić information content (AvgIpc) is 3.15. The SMILES string of the molecule is Cc1cc(NC(=O)COC(=O)C2CCN(S(=O)(=O)c3c(C)c(C)cc(C)c3C)CC2)no1. The highest BCUT2D eigenvalue weighted by molar-refractivity contribution is 7.89. The Hall–Kier alpha value is -2.72. The van der Waals surface area contributed by atoms with Crippen molar-refractivity contribution in [2.24, 2.45) is 5.92 Å². The molecule has 1 aliphatic heterocycles. The zero-order valence-electron chi connectivity index (χ0n) is 19.0. The average molecular weight is 464 g/mol. The maximum absolute atomic E-state index is 13.3. The lowest BCUT2D eigenvalue weighted by molar-refractivity contribution is -0.152. The van der Waals surface area contributed by atoms with Crippen LogP contribution >= 0.6 is 0 Å². The van der Waals surface area contributed by atoms with Crippen LogP contribution in [-0.2, 0) is 24.3 Å². The molecule has 1 fully saturated rings. The molecule has 0 spiro atoms. The predicted octanol–water partition coefficient (Wildman–Crippen LogP) is 2.80. The number of rotatable bonds is 6. The Morgan fingerprint density at radius 3 is 2.22 bits per heavy atom. The van der Waals surface area contributed by atoms with E-state index in [0.29, 0.717) is 23.5 Å². The molecule has 0 bridgehead atoms. The molecule has 0 unspecified atom stereocenters. The Morgan fingerprint density at radius 1 is 1.09 bits per heavy atom. The minimum Gasteiger partial charge on any atom is -0.455 e. The molecule has 3 rings (SSSR count). The van der Waals surface area contributed by atoms with Gasteiger partial charge < -0.3 is 14.6 Å². The van der Waals surface area contributed by atoms with Crippen molar-refractivity contribution in [2.45, 2.75) is 52.4 Å². The smallest absolute Gasteiger partial charge is 0.309 e. The van der Waals surface area contributed by atoms with Crippen LogP contribution in [0.4, 0.5) is 5.82 Å². The minimum atomic E-state index is -3.67. The zero-order valence-corrected chi connectivity index (χ0v) is 19.8. The number of carbonyl (C=O) groups excluding carboxylic acids is 2. The predicted molar refractivity (Wildman–Crippen MR) is 118 cm³/mol. The number of amides is 1. The third kappa shape index (κ3) is 5.02. The second-order valence-corrected chi connectivity index (χ2v) is 10.1. The minimum absolute atomic E-state index is 0.221. The number of aromatic nitrogens is 1. The van der Waals surface area contributed by atoms with Gasteiger partial charge in [-0.05, 0) is 69.7 Å². The van der Waals surface area contributed by atoms with Crippen molar-refractivity contribution >= 4 is 27.7 Å². The van der Waals surface area contributed by atoms with Crippen LogP contribution in [0.15, 0.2) is 21.6 Å². The quantitative estimate of drug-likeness (QED) is 0.654. The van der Waals surface area contributed by atoms with E-state index in [4.69, 9.17) is 9.26 Å². The van der Waals surface area contributed by atoms with E-state index < -0.39 is 34.4 Å². The summed E-state index contributed by atoms with van der Waals surface area (Å²) < 4.78 is 38.1. The first-order chi connectivity index (χ1) is 15.0. The number of hydrogen-bond donors (Lipinski definition) is 1. The number of carbonyl (C=O) groups is 2. The van der Waals surface area contributed by atoms with Crippen LogP contribution in [-0.4, -0.2) is 49.5 Å². The molecule has 1 aliphatic rings. The number of sulfonamides is 1. The van der Waals surface area contributed by atoms with Gasteiger partial charge in [0, 0.05) is 19.2 Å². The largest absolute Gasteiger partial charge is 0.455 e. The number of esters is 1. The Morgan fingerprint density at radius 2 is 1.69 bits per heavy atom. The van der Waals surface area contributed by atoms with Crippen LogP contribution < -0.4 is 5.32 Å². The molecular weight excluding hydrogens is 434 g/mol. The molecule has 1 aromatic heterocycles. The van der Waals surface area contributed by atoms with Crippen LogP contribution in [0.5, 0.6) is 0 Å². The highest BCUT2D eigenvalue weighted by Crippen LogP contribution is 2.31.